The van der Waals surface area contributed by atoms with E-state index in [1.54, 1.807) is 36.7 Å². The number of carbonyl (C=O) groups is 1. The molecule has 8 nitrogen and oxygen atoms in total. The van der Waals surface area contributed by atoms with Crippen LogP contribution in [-0.2, 0) is 27.7 Å². The lowest BCUT2D eigenvalue weighted by molar-refractivity contribution is -0.115. The van der Waals surface area contributed by atoms with Crippen LogP contribution in [0.3, 0.4) is 0 Å². The largest absolute Gasteiger partial charge is 0.456 e. The molecule has 2 aromatic carbocycles. The summed E-state index contributed by atoms with van der Waals surface area (Å²) in [6, 6.07) is 12.6. The number of nitrogens with one attached hydrogen (secondary N) is 1. The molecule has 1 atom stereocenters. The number of benzene rings is 2. The molecule has 176 valence electrons. The fourth-order valence-electron chi connectivity index (χ4n) is 3.51. The lowest BCUT2D eigenvalue weighted by atomic mass is 10.1. The smallest absolute Gasteiger partial charge is 0.228 e. The number of amides is 1. The molecule has 1 amide bonds. The van der Waals surface area contributed by atoms with E-state index in [9.17, 15) is 9.00 Å². The van der Waals surface area contributed by atoms with Crippen molar-refractivity contribution in [2.24, 2.45) is 5.14 Å². The van der Waals surface area contributed by atoms with E-state index in [1.165, 1.54) is 0 Å². The van der Waals surface area contributed by atoms with Crippen molar-refractivity contribution >= 4 is 33.5 Å². The highest BCUT2D eigenvalue weighted by atomic mass is 32.2. The molecular formula is C25H27N5O3S. The van der Waals surface area contributed by atoms with Crippen LogP contribution < -0.4 is 15.2 Å². The summed E-state index contributed by atoms with van der Waals surface area (Å²) in [6.07, 6.45) is 5.36. The van der Waals surface area contributed by atoms with Crippen molar-refractivity contribution in [1.82, 2.24) is 14.8 Å². The Kier molecular flexibility index (Phi) is 6.49. The molecule has 0 fully saturated rings. The van der Waals surface area contributed by atoms with Crippen molar-refractivity contribution in [1.29, 1.82) is 0 Å². The van der Waals surface area contributed by atoms with Gasteiger partial charge in [0.05, 0.1) is 34.3 Å². The number of carbonyl (C=O) groups excluding carboxylic acids is 1. The second kappa shape index (κ2) is 9.36. The molecule has 2 aromatic heterocycles. The number of aromatic nitrogens is 3. The number of fused-ring (bicyclic) bond motifs is 1. The zero-order valence-corrected chi connectivity index (χ0v) is 20.3. The number of ether oxygens (including phenoxy) is 1. The van der Waals surface area contributed by atoms with E-state index < -0.39 is 11.0 Å². The summed E-state index contributed by atoms with van der Waals surface area (Å²) in [4.78, 5) is 17.4. The minimum atomic E-state index is -1.60. The molecule has 0 aliphatic heterocycles. The van der Waals surface area contributed by atoms with Crippen LogP contribution in [0.1, 0.15) is 31.9 Å². The van der Waals surface area contributed by atoms with Gasteiger partial charge in [-0.1, -0.05) is 12.1 Å². The van der Waals surface area contributed by atoms with Gasteiger partial charge < -0.3 is 10.1 Å². The van der Waals surface area contributed by atoms with Crippen LogP contribution in [-0.4, -0.2) is 24.9 Å². The highest BCUT2D eigenvalue weighted by Crippen LogP contribution is 2.32. The number of hydrogen-bond donors (Lipinski definition) is 2. The summed E-state index contributed by atoms with van der Waals surface area (Å²) in [7, 11) is -1.60. The Hall–Kier alpha value is -3.56. The van der Waals surface area contributed by atoms with Crippen molar-refractivity contribution < 1.29 is 13.7 Å². The third kappa shape index (κ3) is 5.32. The normalized spacial score (nSPS) is 12.5. The van der Waals surface area contributed by atoms with E-state index in [1.807, 2.05) is 56.8 Å². The van der Waals surface area contributed by atoms with Gasteiger partial charge in [-0.25, -0.2) is 9.35 Å². The summed E-state index contributed by atoms with van der Waals surface area (Å²) in [5.74, 6) is 1.12. The average molecular weight is 478 g/mol. The monoisotopic (exact) mass is 477 g/mol. The average Bonchev–Trinajstić information content (AvgIpc) is 3.24. The molecule has 9 heteroatoms. The van der Waals surface area contributed by atoms with Crippen molar-refractivity contribution in [2.75, 3.05) is 5.32 Å². The third-order valence-electron chi connectivity index (χ3n) is 5.28. The minimum Gasteiger partial charge on any atom is -0.456 e. The summed E-state index contributed by atoms with van der Waals surface area (Å²) < 4.78 is 19.7. The Bertz CT molecular complexity index is 1390. The van der Waals surface area contributed by atoms with Crippen LogP contribution in [0.15, 0.2) is 66.0 Å². The minimum absolute atomic E-state index is 0.121. The molecule has 0 saturated heterocycles. The van der Waals surface area contributed by atoms with Crippen molar-refractivity contribution in [2.45, 2.75) is 44.6 Å². The summed E-state index contributed by atoms with van der Waals surface area (Å²) in [5, 5.41) is 13.5. The van der Waals surface area contributed by atoms with Gasteiger partial charge in [-0.2, -0.15) is 5.10 Å². The Morgan fingerprint density at radius 2 is 1.94 bits per heavy atom. The number of hydrogen-bond acceptors (Lipinski definition) is 5. The summed E-state index contributed by atoms with van der Waals surface area (Å²) in [5.41, 5.74) is 2.98. The Labute approximate surface area is 200 Å². The molecule has 1 unspecified atom stereocenters. The first-order valence-electron chi connectivity index (χ1n) is 10.8. The Morgan fingerprint density at radius 3 is 2.62 bits per heavy atom. The lowest BCUT2D eigenvalue weighted by Gasteiger charge is -2.18. The van der Waals surface area contributed by atoms with Gasteiger partial charge in [0.25, 0.3) is 0 Å². The van der Waals surface area contributed by atoms with Gasteiger partial charge in [-0.3, -0.25) is 14.5 Å². The van der Waals surface area contributed by atoms with E-state index >= 15 is 0 Å². The Balaban J connectivity index is 1.48. The van der Waals surface area contributed by atoms with Crippen LogP contribution in [0.2, 0.25) is 0 Å². The predicted octanol–water partition coefficient (Wildman–Crippen LogP) is 4.45. The highest BCUT2D eigenvalue weighted by Gasteiger charge is 2.15. The van der Waals surface area contributed by atoms with Gasteiger partial charge in [-0.05, 0) is 69.2 Å². The van der Waals surface area contributed by atoms with Crippen LogP contribution >= 0.6 is 0 Å². The molecule has 2 heterocycles. The maximum Gasteiger partial charge on any atom is 0.228 e. The molecule has 0 saturated carbocycles. The first-order valence-corrected chi connectivity index (χ1v) is 12.0. The zero-order valence-electron chi connectivity index (χ0n) is 19.5. The number of nitrogens with zero attached hydrogens (tertiary/aromatic N) is 3. The van der Waals surface area contributed by atoms with Crippen molar-refractivity contribution in [3.05, 3.63) is 72.2 Å². The van der Waals surface area contributed by atoms with Crippen LogP contribution in [0.4, 0.5) is 5.69 Å². The number of anilines is 1. The second-order valence-corrected chi connectivity index (χ2v) is 10.1. The van der Waals surface area contributed by atoms with E-state index in [4.69, 9.17) is 9.88 Å². The maximum atomic E-state index is 12.5. The maximum absolute atomic E-state index is 12.5. The standard InChI is InChI=1S/C25H27N5O3S/c1-16-11-17(12-24(31)29-18-14-28-30(15-18)25(2,3)4)5-8-22(16)33-23-9-10-27-21-7-6-19(34(26)32)13-20(21)23/h5-11,13-15H,12,26H2,1-4H3,(H,29,31). The number of nitrogens with two attached hydrogens (primary N) is 1. The van der Waals surface area contributed by atoms with Crippen LogP contribution in [0.5, 0.6) is 11.5 Å². The van der Waals surface area contributed by atoms with E-state index in [2.05, 4.69) is 15.4 Å². The zero-order chi connectivity index (χ0) is 24.5. The summed E-state index contributed by atoms with van der Waals surface area (Å²) in [6.45, 7) is 8.06. The van der Waals surface area contributed by atoms with E-state index in [-0.39, 0.29) is 17.9 Å². The fraction of sp³-hybridized carbons (Fsp3) is 0.240. The molecule has 0 radical (unpaired) electrons. The number of pyridine rings is 1. The molecule has 0 aliphatic carbocycles. The molecule has 0 aliphatic rings. The number of rotatable bonds is 6. The van der Waals surface area contributed by atoms with E-state index in [0.717, 1.165) is 16.5 Å². The first-order chi connectivity index (χ1) is 16.1. The van der Waals surface area contributed by atoms with Gasteiger partial charge in [0, 0.05) is 17.8 Å². The van der Waals surface area contributed by atoms with Crippen LogP contribution in [0.25, 0.3) is 10.9 Å². The summed E-state index contributed by atoms with van der Waals surface area (Å²) >= 11 is 0. The topological polar surface area (TPSA) is 112 Å². The van der Waals surface area contributed by atoms with E-state index in [0.29, 0.717) is 27.6 Å². The lowest BCUT2D eigenvalue weighted by Crippen LogP contribution is -2.22. The van der Waals surface area contributed by atoms with Gasteiger partial charge in [0.15, 0.2) is 0 Å². The molecule has 0 spiro atoms. The van der Waals surface area contributed by atoms with Gasteiger partial charge in [-0.15, -0.1) is 0 Å². The molecule has 3 N–H and O–H groups in total. The van der Waals surface area contributed by atoms with Gasteiger partial charge >= 0.3 is 0 Å². The molecular weight excluding hydrogens is 450 g/mol. The quantitative estimate of drug-likeness (QED) is 0.426. The highest BCUT2D eigenvalue weighted by molar-refractivity contribution is 7.82. The van der Waals surface area contributed by atoms with Gasteiger partial charge in [0.2, 0.25) is 5.91 Å². The third-order valence-corrected chi connectivity index (χ3v) is 6.00. The number of aryl methyl sites for hydroxylation is 1. The first kappa shape index (κ1) is 23.6. The van der Waals surface area contributed by atoms with Gasteiger partial charge in [0.1, 0.15) is 22.5 Å². The second-order valence-electron chi connectivity index (χ2n) is 9.06. The van der Waals surface area contributed by atoms with Crippen LogP contribution in [0, 0.1) is 6.92 Å². The van der Waals surface area contributed by atoms with Crippen molar-refractivity contribution in [3.8, 4) is 11.5 Å². The molecule has 0 bridgehead atoms. The predicted molar refractivity (Wildman–Crippen MR) is 133 cm³/mol. The molecule has 4 rings (SSSR count). The SMILES string of the molecule is Cc1cc(CC(=O)Nc2cnn(C(C)(C)C)c2)ccc1Oc1ccnc2ccc(S(N)=O)cc12. The molecule has 4 aromatic rings. The Morgan fingerprint density at radius 1 is 1.15 bits per heavy atom. The molecule has 34 heavy (non-hydrogen) atoms. The van der Waals surface area contributed by atoms with Crippen molar-refractivity contribution in [3.63, 3.8) is 0 Å². The fourth-order valence-corrected chi connectivity index (χ4v) is 3.95.